The molecule has 0 fully saturated rings. The summed E-state index contributed by atoms with van der Waals surface area (Å²) in [5.74, 6) is -0.279. The average Bonchev–Trinajstić information content (AvgIpc) is 3.47. The number of carbonyl (C=O) groups excluding carboxylic acids is 1. The number of amides is 1. The van der Waals surface area contributed by atoms with Crippen LogP contribution in [-0.2, 0) is 16.4 Å². The van der Waals surface area contributed by atoms with E-state index in [1.54, 1.807) is 24.4 Å². The minimum atomic E-state index is -3.32. The van der Waals surface area contributed by atoms with Crippen LogP contribution in [0.4, 0.5) is 5.13 Å². The molecule has 0 saturated carbocycles. The molecular weight excluding hydrogens is 468 g/mol. The summed E-state index contributed by atoms with van der Waals surface area (Å²) in [4.78, 5) is 17.8. The van der Waals surface area contributed by atoms with Gasteiger partial charge < -0.3 is 0 Å². The molecule has 0 aliphatic carbocycles. The first-order valence-corrected chi connectivity index (χ1v) is 13.2. The highest BCUT2D eigenvalue weighted by molar-refractivity contribution is 7.90. The number of hydrogen-bond acceptors (Lipinski definition) is 6. The number of sulfone groups is 1. The fourth-order valence-electron chi connectivity index (χ4n) is 3.66. The summed E-state index contributed by atoms with van der Waals surface area (Å²) in [5.41, 5.74) is 4.01. The zero-order valence-electron chi connectivity index (χ0n) is 18.2. The van der Waals surface area contributed by atoms with Gasteiger partial charge in [-0.25, -0.2) is 13.4 Å². The fraction of sp³-hybridized carbons (Fsp3) is 0.0800. The Morgan fingerprint density at radius 1 is 1.03 bits per heavy atom. The lowest BCUT2D eigenvalue weighted by molar-refractivity contribution is 0.102. The van der Waals surface area contributed by atoms with E-state index in [0.29, 0.717) is 27.5 Å². The standard InChI is InChI=1S/C25H20N4O3S2/c1-34(31,32)19-11-12-22-23(15-19)33-25(27-22)28-24(30)21-6-3-2-5-20(21)18-9-7-17(8-10-18)16-29-14-4-13-26-29/h2-15H,16H2,1H3,(H,27,28,30). The number of carbonyl (C=O) groups is 1. The molecule has 0 aliphatic rings. The van der Waals surface area contributed by atoms with Gasteiger partial charge in [-0.1, -0.05) is 53.8 Å². The lowest BCUT2D eigenvalue weighted by atomic mass is 9.98. The van der Waals surface area contributed by atoms with Crippen molar-refractivity contribution in [3.8, 4) is 11.1 Å². The molecule has 0 aliphatic heterocycles. The first-order chi connectivity index (χ1) is 16.4. The largest absolute Gasteiger partial charge is 0.298 e. The smallest absolute Gasteiger partial charge is 0.258 e. The molecular formula is C25H20N4O3S2. The topological polar surface area (TPSA) is 94.0 Å². The molecule has 0 radical (unpaired) electrons. The highest BCUT2D eigenvalue weighted by atomic mass is 32.2. The first kappa shape index (κ1) is 22.0. The summed E-state index contributed by atoms with van der Waals surface area (Å²) >= 11 is 1.24. The Bertz CT molecular complexity index is 1590. The summed E-state index contributed by atoms with van der Waals surface area (Å²) in [5, 5.41) is 7.51. The van der Waals surface area contributed by atoms with Gasteiger partial charge in [0.2, 0.25) is 0 Å². The quantitative estimate of drug-likeness (QED) is 0.368. The third kappa shape index (κ3) is 4.61. The number of aromatic nitrogens is 3. The van der Waals surface area contributed by atoms with E-state index in [1.807, 2.05) is 59.4 Å². The Morgan fingerprint density at radius 2 is 1.82 bits per heavy atom. The van der Waals surface area contributed by atoms with Crippen LogP contribution in [0.3, 0.4) is 0 Å². The van der Waals surface area contributed by atoms with Gasteiger partial charge in [-0.2, -0.15) is 5.10 Å². The highest BCUT2D eigenvalue weighted by Crippen LogP contribution is 2.30. The van der Waals surface area contributed by atoms with Crippen LogP contribution >= 0.6 is 11.3 Å². The van der Waals surface area contributed by atoms with E-state index < -0.39 is 9.84 Å². The molecule has 3 aromatic carbocycles. The highest BCUT2D eigenvalue weighted by Gasteiger charge is 2.16. The molecule has 7 nitrogen and oxygen atoms in total. The minimum absolute atomic E-state index is 0.225. The SMILES string of the molecule is CS(=O)(=O)c1ccc2nc(NC(=O)c3ccccc3-c3ccc(Cn4cccn4)cc3)sc2c1. The zero-order chi connectivity index (χ0) is 23.7. The van der Waals surface area contributed by atoms with Crippen molar-refractivity contribution < 1.29 is 13.2 Å². The molecule has 5 aromatic rings. The Hall–Kier alpha value is -3.82. The molecule has 0 spiro atoms. The number of anilines is 1. The molecule has 34 heavy (non-hydrogen) atoms. The molecule has 0 bridgehead atoms. The van der Waals surface area contributed by atoms with E-state index in [0.717, 1.165) is 16.7 Å². The fourth-order valence-corrected chi connectivity index (χ4v) is 5.28. The molecule has 2 heterocycles. The third-order valence-electron chi connectivity index (χ3n) is 5.35. The average molecular weight is 489 g/mol. The Morgan fingerprint density at radius 3 is 2.56 bits per heavy atom. The van der Waals surface area contributed by atoms with Gasteiger partial charge in [-0.3, -0.25) is 14.8 Å². The van der Waals surface area contributed by atoms with Crippen LogP contribution in [0.5, 0.6) is 0 Å². The first-order valence-electron chi connectivity index (χ1n) is 10.4. The lowest BCUT2D eigenvalue weighted by Crippen LogP contribution is -2.12. The van der Waals surface area contributed by atoms with Crippen LogP contribution in [0.25, 0.3) is 21.3 Å². The number of thiazole rings is 1. The third-order valence-corrected chi connectivity index (χ3v) is 7.39. The Kier molecular flexibility index (Phi) is 5.72. The van der Waals surface area contributed by atoms with Gasteiger partial charge in [0.05, 0.1) is 21.7 Å². The van der Waals surface area contributed by atoms with Gasteiger partial charge >= 0.3 is 0 Å². The van der Waals surface area contributed by atoms with Crippen LogP contribution in [0.15, 0.2) is 90.1 Å². The van der Waals surface area contributed by atoms with E-state index in [9.17, 15) is 13.2 Å². The second-order valence-corrected chi connectivity index (χ2v) is 10.9. The van der Waals surface area contributed by atoms with Crippen LogP contribution in [0, 0.1) is 0 Å². The second kappa shape index (κ2) is 8.85. The summed E-state index contributed by atoms with van der Waals surface area (Å²) in [6.07, 6.45) is 4.83. The summed E-state index contributed by atoms with van der Waals surface area (Å²) in [7, 11) is -3.32. The van der Waals surface area contributed by atoms with E-state index in [4.69, 9.17) is 0 Å². The maximum atomic E-state index is 13.1. The molecule has 0 unspecified atom stereocenters. The van der Waals surface area contributed by atoms with Crippen molar-refractivity contribution in [2.75, 3.05) is 11.6 Å². The van der Waals surface area contributed by atoms with Gasteiger partial charge in [0.25, 0.3) is 5.91 Å². The van der Waals surface area contributed by atoms with Gasteiger partial charge in [0, 0.05) is 24.2 Å². The van der Waals surface area contributed by atoms with Gasteiger partial charge in [-0.05, 0) is 47.0 Å². The van der Waals surface area contributed by atoms with Crippen molar-refractivity contribution >= 4 is 42.4 Å². The molecule has 170 valence electrons. The predicted octanol–water partition coefficient (Wildman–Crippen LogP) is 4.86. The van der Waals surface area contributed by atoms with E-state index in [-0.39, 0.29) is 10.8 Å². The van der Waals surface area contributed by atoms with Crippen LogP contribution < -0.4 is 5.32 Å². The molecule has 1 N–H and O–H groups in total. The molecule has 1 amide bonds. The van der Waals surface area contributed by atoms with Gasteiger partial charge in [0.15, 0.2) is 15.0 Å². The minimum Gasteiger partial charge on any atom is -0.298 e. The van der Waals surface area contributed by atoms with E-state index in [1.165, 1.54) is 23.7 Å². The van der Waals surface area contributed by atoms with Crippen LogP contribution in [0.2, 0.25) is 0 Å². The van der Waals surface area contributed by atoms with Crippen molar-refractivity contribution in [1.82, 2.24) is 14.8 Å². The van der Waals surface area contributed by atoms with Crippen LogP contribution in [0.1, 0.15) is 15.9 Å². The zero-order valence-corrected chi connectivity index (χ0v) is 19.8. The second-order valence-electron chi connectivity index (χ2n) is 7.82. The van der Waals surface area contributed by atoms with Crippen molar-refractivity contribution in [3.63, 3.8) is 0 Å². The summed E-state index contributed by atoms with van der Waals surface area (Å²) < 4.78 is 26.2. The Labute approximate surface area is 200 Å². The maximum absolute atomic E-state index is 13.1. The number of benzene rings is 3. The molecule has 2 aromatic heterocycles. The molecule has 0 atom stereocenters. The predicted molar refractivity (Wildman–Crippen MR) is 134 cm³/mol. The lowest BCUT2D eigenvalue weighted by Gasteiger charge is -2.10. The Balaban J connectivity index is 1.39. The number of rotatable bonds is 6. The van der Waals surface area contributed by atoms with Crippen molar-refractivity contribution in [3.05, 3.63) is 96.3 Å². The summed E-state index contributed by atoms with van der Waals surface area (Å²) in [6, 6.07) is 22.1. The molecule has 0 saturated heterocycles. The van der Waals surface area contributed by atoms with Gasteiger partial charge in [-0.15, -0.1) is 0 Å². The van der Waals surface area contributed by atoms with Crippen molar-refractivity contribution in [2.45, 2.75) is 11.4 Å². The number of hydrogen-bond donors (Lipinski definition) is 1. The van der Waals surface area contributed by atoms with Crippen molar-refractivity contribution in [2.24, 2.45) is 0 Å². The van der Waals surface area contributed by atoms with E-state index in [2.05, 4.69) is 15.4 Å². The number of nitrogens with zero attached hydrogens (tertiary/aromatic N) is 3. The molecule has 9 heteroatoms. The van der Waals surface area contributed by atoms with E-state index >= 15 is 0 Å². The number of nitrogens with one attached hydrogen (secondary N) is 1. The normalized spacial score (nSPS) is 11.6. The van der Waals surface area contributed by atoms with Crippen molar-refractivity contribution in [1.29, 1.82) is 0 Å². The monoisotopic (exact) mass is 488 g/mol. The maximum Gasteiger partial charge on any atom is 0.258 e. The van der Waals surface area contributed by atoms with Gasteiger partial charge in [0.1, 0.15) is 0 Å². The van der Waals surface area contributed by atoms with Crippen LogP contribution in [-0.4, -0.2) is 35.3 Å². The summed E-state index contributed by atoms with van der Waals surface area (Å²) in [6.45, 7) is 0.675. The molecule has 5 rings (SSSR count). The number of fused-ring (bicyclic) bond motifs is 1.